The molecule has 0 aliphatic carbocycles. The number of nitrogens with zero attached hydrogens (tertiary/aromatic N) is 1. The molecule has 0 N–H and O–H groups in total. The lowest BCUT2D eigenvalue weighted by Gasteiger charge is -2.30. The van der Waals surface area contributed by atoms with Crippen LogP contribution in [-0.4, -0.2) is 29.1 Å². The second-order valence-corrected chi connectivity index (χ2v) is 4.44. The van der Waals surface area contributed by atoms with Crippen LogP contribution >= 0.6 is 11.6 Å². The van der Waals surface area contributed by atoms with Gasteiger partial charge in [0, 0.05) is 25.4 Å². The maximum absolute atomic E-state index is 11.6. The number of carbonyl (C=O) groups is 2. The molecule has 86 valence electrons. The number of unbranched alkanes of at least 4 members (excludes halogenated alkanes) is 1. The summed E-state index contributed by atoms with van der Waals surface area (Å²) < 4.78 is 0. The molecule has 15 heavy (non-hydrogen) atoms. The maximum atomic E-state index is 11.6. The van der Waals surface area contributed by atoms with E-state index in [0.29, 0.717) is 19.5 Å². The number of halogens is 1. The van der Waals surface area contributed by atoms with Crippen LogP contribution in [0.5, 0.6) is 0 Å². The number of hydrogen-bond acceptors (Lipinski definition) is 2. The summed E-state index contributed by atoms with van der Waals surface area (Å²) in [7, 11) is 0. The van der Waals surface area contributed by atoms with E-state index in [0.717, 1.165) is 25.7 Å². The van der Waals surface area contributed by atoms with Gasteiger partial charge in [-0.05, 0) is 30.9 Å². The van der Waals surface area contributed by atoms with Crippen molar-refractivity contribution in [3.8, 4) is 0 Å². The molecule has 1 amide bonds. The van der Waals surface area contributed by atoms with E-state index in [2.05, 4.69) is 6.92 Å². The average Bonchev–Trinajstić information content (AvgIpc) is 2.26. The number of rotatable bonds is 4. The summed E-state index contributed by atoms with van der Waals surface area (Å²) in [5, 5.41) is -0.254. The zero-order valence-corrected chi connectivity index (χ0v) is 9.92. The second-order valence-electron chi connectivity index (χ2n) is 4.06. The number of amides is 1. The van der Waals surface area contributed by atoms with E-state index in [9.17, 15) is 9.59 Å². The summed E-state index contributed by atoms with van der Waals surface area (Å²) in [5.74, 6) is 0.180. The minimum absolute atomic E-state index is 0.0399. The van der Waals surface area contributed by atoms with Crippen LogP contribution in [0, 0.1) is 5.92 Å². The normalized spacial score (nSPS) is 17.9. The molecule has 0 saturated carbocycles. The number of likely N-dealkylation sites (tertiary alicyclic amines) is 1. The number of piperidine rings is 1. The van der Waals surface area contributed by atoms with Gasteiger partial charge in [-0.25, -0.2) is 0 Å². The first-order valence-electron chi connectivity index (χ1n) is 5.62. The van der Waals surface area contributed by atoms with Crippen LogP contribution in [0.25, 0.3) is 0 Å². The fourth-order valence-corrected chi connectivity index (χ4v) is 2.06. The highest BCUT2D eigenvalue weighted by molar-refractivity contribution is 6.63. The Morgan fingerprint density at radius 3 is 2.40 bits per heavy atom. The van der Waals surface area contributed by atoms with Gasteiger partial charge in [0.05, 0.1) is 0 Å². The average molecular weight is 232 g/mol. The Morgan fingerprint density at radius 1 is 1.33 bits per heavy atom. The van der Waals surface area contributed by atoms with Crippen molar-refractivity contribution in [2.24, 2.45) is 5.92 Å². The van der Waals surface area contributed by atoms with Crippen molar-refractivity contribution < 1.29 is 9.59 Å². The first-order valence-corrected chi connectivity index (χ1v) is 6.00. The quantitative estimate of drug-likeness (QED) is 0.696. The third-order valence-electron chi connectivity index (χ3n) is 2.91. The van der Waals surface area contributed by atoms with Gasteiger partial charge in [-0.2, -0.15) is 0 Å². The summed E-state index contributed by atoms with van der Waals surface area (Å²) in [4.78, 5) is 24.4. The lowest BCUT2D eigenvalue weighted by atomic mass is 9.98. The van der Waals surface area contributed by atoms with Crippen molar-refractivity contribution in [3.05, 3.63) is 0 Å². The van der Waals surface area contributed by atoms with Gasteiger partial charge in [0.2, 0.25) is 11.1 Å². The Morgan fingerprint density at radius 2 is 1.93 bits per heavy atom. The Balaban J connectivity index is 2.30. The van der Waals surface area contributed by atoms with Crippen LogP contribution in [0.1, 0.15) is 39.0 Å². The molecule has 0 atom stereocenters. The molecule has 0 unspecified atom stereocenters. The molecule has 0 bridgehead atoms. The van der Waals surface area contributed by atoms with Crippen molar-refractivity contribution in [3.63, 3.8) is 0 Å². The number of hydrogen-bond donors (Lipinski definition) is 0. The molecule has 1 aliphatic heterocycles. The minimum atomic E-state index is -0.254. The van der Waals surface area contributed by atoms with Gasteiger partial charge in [-0.3, -0.25) is 9.59 Å². The molecule has 0 spiro atoms. The smallest absolute Gasteiger partial charge is 0.224 e. The van der Waals surface area contributed by atoms with Gasteiger partial charge in [-0.1, -0.05) is 13.3 Å². The highest BCUT2D eigenvalue weighted by Crippen LogP contribution is 2.20. The van der Waals surface area contributed by atoms with Crippen molar-refractivity contribution in [1.82, 2.24) is 4.90 Å². The molecule has 0 radical (unpaired) electrons. The van der Waals surface area contributed by atoms with Crippen LogP contribution in [-0.2, 0) is 9.59 Å². The predicted octanol–water partition coefficient (Wildman–Crippen LogP) is 2.18. The minimum Gasteiger partial charge on any atom is -0.343 e. The van der Waals surface area contributed by atoms with Crippen LogP contribution in [0.3, 0.4) is 0 Å². The standard InChI is InChI=1S/C11H18ClNO2/c1-2-3-4-10(14)13-7-5-9(6-8-13)11(12)15/h9H,2-8H2,1H3. The predicted molar refractivity (Wildman–Crippen MR) is 59.7 cm³/mol. The monoisotopic (exact) mass is 231 g/mol. The van der Waals surface area contributed by atoms with Crippen LogP contribution in [0.2, 0.25) is 0 Å². The molecular formula is C11H18ClNO2. The Bertz CT molecular complexity index is 235. The summed E-state index contributed by atoms with van der Waals surface area (Å²) in [6.07, 6.45) is 4.08. The van der Waals surface area contributed by atoms with Crippen LogP contribution in [0.4, 0.5) is 0 Å². The van der Waals surface area contributed by atoms with Crippen molar-refractivity contribution in [2.75, 3.05) is 13.1 Å². The third kappa shape index (κ3) is 3.82. The fraction of sp³-hybridized carbons (Fsp3) is 0.818. The topological polar surface area (TPSA) is 37.4 Å². The SMILES string of the molecule is CCCCC(=O)N1CCC(C(=O)Cl)CC1. The van der Waals surface area contributed by atoms with E-state index in [1.165, 1.54) is 0 Å². The Hall–Kier alpha value is -0.570. The van der Waals surface area contributed by atoms with E-state index >= 15 is 0 Å². The van der Waals surface area contributed by atoms with Gasteiger partial charge in [0.15, 0.2) is 0 Å². The molecule has 0 aromatic carbocycles. The van der Waals surface area contributed by atoms with Gasteiger partial charge >= 0.3 is 0 Å². The van der Waals surface area contributed by atoms with Gasteiger partial charge in [-0.15, -0.1) is 0 Å². The highest BCUT2D eigenvalue weighted by atomic mass is 35.5. The van der Waals surface area contributed by atoms with Crippen LogP contribution < -0.4 is 0 Å². The highest BCUT2D eigenvalue weighted by Gasteiger charge is 2.25. The molecule has 4 heteroatoms. The van der Waals surface area contributed by atoms with Crippen LogP contribution in [0.15, 0.2) is 0 Å². The molecule has 1 heterocycles. The zero-order valence-electron chi connectivity index (χ0n) is 9.17. The number of carbonyl (C=O) groups excluding carboxylic acids is 2. The van der Waals surface area contributed by atoms with E-state index < -0.39 is 0 Å². The van der Waals surface area contributed by atoms with Gasteiger partial charge in [0.25, 0.3) is 0 Å². The van der Waals surface area contributed by atoms with Crippen molar-refractivity contribution >= 4 is 22.8 Å². The summed E-state index contributed by atoms with van der Waals surface area (Å²) >= 11 is 5.43. The molecule has 0 aromatic heterocycles. The molecular weight excluding hydrogens is 214 g/mol. The summed E-state index contributed by atoms with van der Waals surface area (Å²) in [5.41, 5.74) is 0. The van der Waals surface area contributed by atoms with Gasteiger partial charge in [0.1, 0.15) is 0 Å². The zero-order chi connectivity index (χ0) is 11.3. The van der Waals surface area contributed by atoms with E-state index in [1.807, 2.05) is 4.90 Å². The van der Waals surface area contributed by atoms with Gasteiger partial charge < -0.3 is 4.90 Å². The second kappa shape index (κ2) is 6.11. The fourth-order valence-electron chi connectivity index (χ4n) is 1.84. The molecule has 1 fully saturated rings. The largest absolute Gasteiger partial charge is 0.343 e. The Kier molecular flexibility index (Phi) is 5.09. The summed E-state index contributed by atoms with van der Waals surface area (Å²) in [6, 6.07) is 0. The first kappa shape index (κ1) is 12.5. The molecule has 3 nitrogen and oxygen atoms in total. The van der Waals surface area contributed by atoms with Crippen molar-refractivity contribution in [1.29, 1.82) is 0 Å². The Labute approximate surface area is 95.8 Å². The lowest BCUT2D eigenvalue weighted by Crippen LogP contribution is -2.39. The van der Waals surface area contributed by atoms with E-state index in [4.69, 9.17) is 11.6 Å². The summed E-state index contributed by atoms with van der Waals surface area (Å²) in [6.45, 7) is 3.45. The molecule has 0 aromatic rings. The third-order valence-corrected chi connectivity index (χ3v) is 3.22. The van der Waals surface area contributed by atoms with Crippen molar-refractivity contribution in [2.45, 2.75) is 39.0 Å². The van der Waals surface area contributed by atoms with E-state index in [-0.39, 0.29) is 17.1 Å². The molecule has 1 rings (SSSR count). The molecule has 1 aliphatic rings. The molecule has 1 saturated heterocycles. The first-order chi connectivity index (χ1) is 7.15. The lowest BCUT2D eigenvalue weighted by molar-refractivity contribution is -0.134. The maximum Gasteiger partial charge on any atom is 0.224 e. The van der Waals surface area contributed by atoms with E-state index in [1.54, 1.807) is 0 Å².